The number of phenolic OH excluding ortho intramolecular Hbond substituents is 1. The molecule has 1 aliphatic rings. The van der Waals surface area contributed by atoms with Crippen LogP contribution in [0.4, 0.5) is 0 Å². The first-order chi connectivity index (χ1) is 9.17. The molecule has 0 radical (unpaired) electrons. The minimum absolute atomic E-state index is 0.397. The Balaban J connectivity index is 2.01. The second-order valence-corrected chi connectivity index (χ2v) is 8.12. The van der Waals surface area contributed by atoms with Crippen molar-refractivity contribution in [3.8, 4) is 5.75 Å². The summed E-state index contributed by atoms with van der Waals surface area (Å²) in [5.74, 6) is 0.400. The molecule has 0 unspecified atom stereocenters. The molecule has 2 N–H and O–H groups in total. The first kappa shape index (κ1) is 15.4. The number of phenols is 1. The van der Waals surface area contributed by atoms with Gasteiger partial charge in [0, 0.05) is 18.2 Å². The van der Waals surface area contributed by atoms with Crippen molar-refractivity contribution < 1.29 is 5.11 Å². The molecule has 0 spiro atoms. The fourth-order valence-corrected chi connectivity index (χ4v) is 4.10. The van der Waals surface area contributed by atoms with Crippen LogP contribution in [-0.4, -0.2) is 11.1 Å². The molecule has 0 atom stereocenters. The number of nitrogens with one attached hydrogen (secondary N) is 1. The zero-order valence-corrected chi connectivity index (χ0v) is 13.6. The molecule has 2 heteroatoms. The monoisotopic (exact) mass is 275 g/mol. The smallest absolute Gasteiger partial charge is 0.120 e. The number of hydrogen-bond acceptors (Lipinski definition) is 2. The van der Waals surface area contributed by atoms with Gasteiger partial charge in [0.05, 0.1) is 0 Å². The van der Waals surface area contributed by atoms with Gasteiger partial charge in [-0.3, -0.25) is 0 Å². The van der Waals surface area contributed by atoms with Crippen molar-refractivity contribution in [3.05, 3.63) is 29.3 Å². The third-order valence-corrected chi connectivity index (χ3v) is 4.37. The Morgan fingerprint density at radius 2 is 1.75 bits per heavy atom. The second-order valence-electron chi connectivity index (χ2n) is 8.12. The Kier molecular flexibility index (Phi) is 4.15. The Bertz CT molecular complexity index is 460. The maximum Gasteiger partial charge on any atom is 0.120 e. The summed E-state index contributed by atoms with van der Waals surface area (Å²) in [6.45, 7) is 12.3. The van der Waals surface area contributed by atoms with E-state index in [0.717, 1.165) is 12.1 Å². The van der Waals surface area contributed by atoms with Crippen LogP contribution in [0.1, 0.15) is 58.1 Å². The third kappa shape index (κ3) is 3.99. The molecule has 0 saturated heterocycles. The first-order valence-corrected chi connectivity index (χ1v) is 7.69. The SMILES string of the molecule is Cc1ccc(O)c(CNC2CC(C)(C)CC(C)(C)C2)c1. The number of hydrogen-bond donors (Lipinski definition) is 2. The lowest BCUT2D eigenvalue weighted by molar-refractivity contribution is 0.0844. The molecule has 1 aromatic rings. The van der Waals surface area contributed by atoms with Crippen molar-refractivity contribution in [2.24, 2.45) is 10.8 Å². The van der Waals surface area contributed by atoms with Crippen LogP contribution < -0.4 is 5.32 Å². The molecule has 1 aromatic carbocycles. The van der Waals surface area contributed by atoms with Crippen molar-refractivity contribution in [1.29, 1.82) is 0 Å². The molecular weight excluding hydrogens is 246 g/mol. The summed E-state index contributed by atoms with van der Waals surface area (Å²) < 4.78 is 0. The van der Waals surface area contributed by atoms with Crippen LogP contribution in [0.2, 0.25) is 0 Å². The van der Waals surface area contributed by atoms with Crippen LogP contribution in [-0.2, 0) is 6.54 Å². The fourth-order valence-electron chi connectivity index (χ4n) is 4.10. The lowest BCUT2D eigenvalue weighted by Crippen LogP contribution is -2.43. The fraction of sp³-hybridized carbons (Fsp3) is 0.667. The van der Waals surface area contributed by atoms with Gasteiger partial charge < -0.3 is 10.4 Å². The molecule has 0 aromatic heterocycles. The lowest BCUT2D eigenvalue weighted by Gasteiger charge is -2.45. The van der Waals surface area contributed by atoms with Crippen LogP contribution in [0.3, 0.4) is 0 Å². The maximum absolute atomic E-state index is 9.93. The Labute approximate surface area is 123 Å². The summed E-state index contributed by atoms with van der Waals surface area (Å²) in [7, 11) is 0. The van der Waals surface area contributed by atoms with Gasteiger partial charge >= 0.3 is 0 Å². The number of rotatable bonds is 3. The van der Waals surface area contributed by atoms with Gasteiger partial charge in [-0.2, -0.15) is 0 Å². The van der Waals surface area contributed by atoms with E-state index < -0.39 is 0 Å². The van der Waals surface area contributed by atoms with Crippen LogP contribution in [0, 0.1) is 17.8 Å². The molecule has 0 bridgehead atoms. The van der Waals surface area contributed by atoms with E-state index in [-0.39, 0.29) is 0 Å². The van der Waals surface area contributed by atoms with E-state index in [1.54, 1.807) is 6.07 Å². The van der Waals surface area contributed by atoms with Gasteiger partial charge in [0.15, 0.2) is 0 Å². The molecule has 1 saturated carbocycles. The number of aromatic hydroxyl groups is 1. The average Bonchev–Trinajstić information content (AvgIpc) is 2.26. The van der Waals surface area contributed by atoms with Crippen molar-refractivity contribution in [1.82, 2.24) is 5.32 Å². The first-order valence-electron chi connectivity index (χ1n) is 7.69. The highest BCUT2D eigenvalue weighted by Crippen LogP contribution is 2.45. The van der Waals surface area contributed by atoms with Gasteiger partial charge in [-0.15, -0.1) is 0 Å². The van der Waals surface area contributed by atoms with Crippen LogP contribution in [0.15, 0.2) is 18.2 Å². The minimum Gasteiger partial charge on any atom is -0.508 e. The average molecular weight is 275 g/mol. The summed E-state index contributed by atoms with van der Waals surface area (Å²) in [6.07, 6.45) is 3.71. The zero-order chi connectivity index (χ0) is 15.0. The van der Waals surface area contributed by atoms with Crippen molar-refractivity contribution in [3.63, 3.8) is 0 Å². The summed E-state index contributed by atoms with van der Waals surface area (Å²) in [4.78, 5) is 0. The third-order valence-electron chi connectivity index (χ3n) is 4.37. The molecule has 2 rings (SSSR count). The topological polar surface area (TPSA) is 32.3 Å². The lowest BCUT2D eigenvalue weighted by atomic mass is 9.63. The highest BCUT2D eigenvalue weighted by molar-refractivity contribution is 5.35. The number of benzene rings is 1. The molecule has 0 aliphatic heterocycles. The van der Waals surface area contributed by atoms with Gasteiger partial charge in [0.2, 0.25) is 0 Å². The maximum atomic E-state index is 9.93. The van der Waals surface area contributed by atoms with Gasteiger partial charge in [0.25, 0.3) is 0 Å². The Morgan fingerprint density at radius 3 is 2.35 bits per heavy atom. The van der Waals surface area contributed by atoms with E-state index >= 15 is 0 Å². The van der Waals surface area contributed by atoms with Crippen LogP contribution in [0.25, 0.3) is 0 Å². The van der Waals surface area contributed by atoms with Crippen LogP contribution in [0.5, 0.6) is 5.75 Å². The Hall–Kier alpha value is -1.02. The van der Waals surface area contributed by atoms with Gasteiger partial charge in [0.1, 0.15) is 5.75 Å². The van der Waals surface area contributed by atoms with E-state index in [1.165, 1.54) is 24.8 Å². The summed E-state index contributed by atoms with van der Waals surface area (Å²) >= 11 is 0. The largest absolute Gasteiger partial charge is 0.508 e. The molecule has 1 fully saturated rings. The summed E-state index contributed by atoms with van der Waals surface area (Å²) in [5, 5.41) is 13.6. The normalized spacial score (nSPS) is 21.9. The molecule has 112 valence electrons. The summed E-state index contributed by atoms with van der Waals surface area (Å²) in [6, 6.07) is 6.35. The highest BCUT2D eigenvalue weighted by atomic mass is 16.3. The molecular formula is C18H29NO. The summed E-state index contributed by atoms with van der Waals surface area (Å²) in [5.41, 5.74) is 3.00. The number of aryl methyl sites for hydroxylation is 1. The van der Waals surface area contributed by atoms with Crippen LogP contribution >= 0.6 is 0 Å². The van der Waals surface area contributed by atoms with E-state index in [4.69, 9.17) is 0 Å². The van der Waals surface area contributed by atoms with Crippen molar-refractivity contribution >= 4 is 0 Å². The van der Waals surface area contributed by atoms with E-state index in [1.807, 2.05) is 6.07 Å². The highest BCUT2D eigenvalue weighted by Gasteiger charge is 2.38. The second kappa shape index (κ2) is 5.40. The predicted octanol–water partition coefficient (Wildman–Crippen LogP) is 4.40. The standard InChI is InChI=1S/C18H29NO/c1-13-6-7-16(20)14(8-13)11-19-15-9-17(2,3)12-18(4,5)10-15/h6-8,15,19-20H,9-12H2,1-5H3. The quantitative estimate of drug-likeness (QED) is 0.857. The van der Waals surface area contributed by atoms with Crippen molar-refractivity contribution in [2.75, 3.05) is 0 Å². The Morgan fingerprint density at radius 1 is 1.15 bits per heavy atom. The van der Waals surface area contributed by atoms with Gasteiger partial charge in [-0.25, -0.2) is 0 Å². The molecule has 0 heterocycles. The van der Waals surface area contributed by atoms with Gasteiger partial charge in [-0.1, -0.05) is 45.4 Å². The zero-order valence-electron chi connectivity index (χ0n) is 13.6. The van der Waals surface area contributed by atoms with Gasteiger partial charge in [-0.05, 0) is 43.1 Å². The molecule has 20 heavy (non-hydrogen) atoms. The molecule has 0 amide bonds. The molecule has 1 aliphatic carbocycles. The van der Waals surface area contributed by atoms with Crippen molar-refractivity contribution in [2.45, 2.75) is 66.5 Å². The van der Waals surface area contributed by atoms with E-state index in [2.05, 4.69) is 46.0 Å². The van der Waals surface area contributed by atoms with E-state index in [0.29, 0.717) is 22.6 Å². The van der Waals surface area contributed by atoms with E-state index in [9.17, 15) is 5.11 Å². The molecule has 2 nitrogen and oxygen atoms in total. The predicted molar refractivity (Wildman–Crippen MR) is 84.9 cm³/mol. The minimum atomic E-state index is 0.397.